The van der Waals surface area contributed by atoms with Gasteiger partial charge in [0, 0.05) is 6.42 Å². The summed E-state index contributed by atoms with van der Waals surface area (Å²) in [5.41, 5.74) is 0.695. The van der Waals surface area contributed by atoms with Crippen LogP contribution in [0.15, 0.2) is 18.2 Å². The third-order valence-corrected chi connectivity index (χ3v) is 2.74. The zero-order valence-electron chi connectivity index (χ0n) is 12.4. The van der Waals surface area contributed by atoms with Crippen LogP contribution < -0.4 is 15.4 Å². The molecular formula is C14H21ClN2O4. The Labute approximate surface area is 130 Å². The Morgan fingerprint density at radius 1 is 1.24 bits per heavy atom. The Morgan fingerprint density at radius 2 is 1.95 bits per heavy atom. The first kappa shape index (κ1) is 19.2. The van der Waals surface area contributed by atoms with Crippen molar-refractivity contribution in [3.8, 4) is 5.75 Å². The average Bonchev–Trinajstić information content (AvgIpc) is 2.47. The number of nitrogens with one attached hydrogen (secondary N) is 2. The normalized spacial score (nSPS) is 9.48. The van der Waals surface area contributed by atoms with Crippen molar-refractivity contribution in [1.29, 1.82) is 0 Å². The molecule has 0 saturated carbocycles. The Hall–Kier alpha value is -1.79. The minimum atomic E-state index is -0.519. The average molecular weight is 317 g/mol. The molecule has 21 heavy (non-hydrogen) atoms. The molecular weight excluding hydrogens is 296 g/mol. The molecule has 0 saturated heterocycles. The van der Waals surface area contributed by atoms with E-state index in [1.54, 1.807) is 12.1 Å². The summed E-state index contributed by atoms with van der Waals surface area (Å²) in [5, 5.41) is 5.68. The number of esters is 1. The number of benzene rings is 1. The molecule has 0 aliphatic carbocycles. The molecule has 0 spiro atoms. The minimum absolute atomic E-state index is 0. The van der Waals surface area contributed by atoms with Gasteiger partial charge < -0.3 is 20.1 Å². The number of ether oxygens (including phenoxy) is 2. The van der Waals surface area contributed by atoms with E-state index in [2.05, 4.69) is 10.6 Å². The summed E-state index contributed by atoms with van der Waals surface area (Å²) in [6.45, 7) is 0.764. The second-order valence-corrected chi connectivity index (χ2v) is 4.16. The molecule has 0 aromatic heterocycles. The summed E-state index contributed by atoms with van der Waals surface area (Å²) in [6, 6.07) is 4.84. The molecule has 1 aromatic rings. The van der Waals surface area contributed by atoms with Gasteiger partial charge in [-0.05, 0) is 38.2 Å². The first-order valence-electron chi connectivity index (χ1n) is 6.33. The number of hydrogen-bond acceptors (Lipinski definition) is 5. The molecule has 0 aliphatic rings. The number of halogens is 1. The molecule has 0 fully saturated rings. The molecule has 0 bridgehead atoms. The molecule has 118 valence electrons. The van der Waals surface area contributed by atoms with E-state index in [0.717, 1.165) is 13.0 Å². The lowest BCUT2D eigenvalue weighted by atomic mass is 10.1. The lowest BCUT2D eigenvalue weighted by Crippen LogP contribution is -2.17. The fourth-order valence-corrected chi connectivity index (χ4v) is 1.68. The standard InChI is InChI=1S/C14H20N2O4.ClH/c1-15-8-4-5-13(17)16-12-7-6-10(19-2)9-11(12)14(18)20-3;/h6-7,9,15H,4-5,8H2,1-3H3,(H,16,17);1H. The number of carbonyl (C=O) groups excluding carboxylic acids is 2. The van der Waals surface area contributed by atoms with E-state index in [-0.39, 0.29) is 23.9 Å². The molecule has 1 rings (SSSR count). The molecule has 0 atom stereocenters. The molecule has 6 nitrogen and oxygen atoms in total. The summed E-state index contributed by atoms with van der Waals surface area (Å²) >= 11 is 0. The number of methoxy groups -OCH3 is 2. The molecule has 0 aliphatic heterocycles. The number of amides is 1. The van der Waals surface area contributed by atoms with E-state index in [1.165, 1.54) is 20.3 Å². The fourth-order valence-electron chi connectivity index (χ4n) is 1.68. The lowest BCUT2D eigenvalue weighted by molar-refractivity contribution is -0.116. The zero-order valence-corrected chi connectivity index (χ0v) is 13.2. The van der Waals surface area contributed by atoms with Gasteiger partial charge in [0.1, 0.15) is 5.75 Å². The third-order valence-electron chi connectivity index (χ3n) is 2.74. The molecule has 0 unspecified atom stereocenters. The Morgan fingerprint density at radius 3 is 2.52 bits per heavy atom. The van der Waals surface area contributed by atoms with Crippen molar-refractivity contribution in [1.82, 2.24) is 5.32 Å². The van der Waals surface area contributed by atoms with Gasteiger partial charge in [-0.1, -0.05) is 0 Å². The summed E-state index contributed by atoms with van der Waals surface area (Å²) in [6.07, 6.45) is 1.11. The van der Waals surface area contributed by atoms with E-state index in [0.29, 0.717) is 17.9 Å². The van der Waals surface area contributed by atoms with E-state index in [1.807, 2.05) is 7.05 Å². The van der Waals surface area contributed by atoms with Gasteiger partial charge in [-0.25, -0.2) is 4.79 Å². The summed E-state index contributed by atoms with van der Waals surface area (Å²) < 4.78 is 9.76. The minimum Gasteiger partial charge on any atom is -0.497 e. The highest BCUT2D eigenvalue weighted by molar-refractivity contribution is 6.01. The highest BCUT2D eigenvalue weighted by Crippen LogP contribution is 2.23. The van der Waals surface area contributed by atoms with Crippen molar-refractivity contribution >= 4 is 30.0 Å². The van der Waals surface area contributed by atoms with E-state index < -0.39 is 5.97 Å². The SMILES string of the molecule is CNCCCC(=O)Nc1ccc(OC)cc1C(=O)OC.Cl. The fraction of sp³-hybridized carbons (Fsp3) is 0.429. The van der Waals surface area contributed by atoms with Gasteiger partial charge in [0.15, 0.2) is 0 Å². The predicted octanol–water partition coefficient (Wildman–Crippen LogP) is 1.84. The van der Waals surface area contributed by atoms with Gasteiger partial charge in [-0.15, -0.1) is 12.4 Å². The Kier molecular flexibility index (Phi) is 9.16. The Bertz CT molecular complexity index is 480. The van der Waals surface area contributed by atoms with Crippen LogP contribution in [-0.4, -0.2) is 39.7 Å². The van der Waals surface area contributed by atoms with Crippen LogP contribution in [0.4, 0.5) is 5.69 Å². The van der Waals surface area contributed by atoms with Crippen LogP contribution >= 0.6 is 12.4 Å². The number of carbonyl (C=O) groups is 2. The van der Waals surface area contributed by atoms with Crippen LogP contribution in [0.5, 0.6) is 5.75 Å². The third kappa shape index (κ3) is 6.01. The number of anilines is 1. The van der Waals surface area contributed by atoms with Crippen molar-refractivity contribution in [2.24, 2.45) is 0 Å². The maximum Gasteiger partial charge on any atom is 0.340 e. The van der Waals surface area contributed by atoms with Gasteiger partial charge >= 0.3 is 5.97 Å². The number of rotatable bonds is 7. The van der Waals surface area contributed by atoms with Crippen LogP contribution in [0, 0.1) is 0 Å². The topological polar surface area (TPSA) is 76.7 Å². The maximum absolute atomic E-state index is 11.8. The van der Waals surface area contributed by atoms with Crippen molar-refractivity contribution < 1.29 is 19.1 Å². The van der Waals surface area contributed by atoms with E-state index in [9.17, 15) is 9.59 Å². The van der Waals surface area contributed by atoms with Crippen molar-refractivity contribution in [2.75, 3.05) is 33.1 Å². The van der Waals surface area contributed by atoms with E-state index >= 15 is 0 Å². The van der Waals surface area contributed by atoms with Crippen LogP contribution in [0.2, 0.25) is 0 Å². The molecule has 7 heteroatoms. The van der Waals surface area contributed by atoms with Gasteiger partial charge in [0.2, 0.25) is 5.91 Å². The largest absolute Gasteiger partial charge is 0.497 e. The second-order valence-electron chi connectivity index (χ2n) is 4.16. The quantitative estimate of drug-likeness (QED) is 0.593. The molecule has 2 N–H and O–H groups in total. The first-order chi connectivity index (χ1) is 9.62. The first-order valence-corrected chi connectivity index (χ1v) is 6.33. The van der Waals surface area contributed by atoms with Gasteiger partial charge in [0.05, 0.1) is 25.5 Å². The smallest absolute Gasteiger partial charge is 0.340 e. The highest BCUT2D eigenvalue weighted by atomic mass is 35.5. The molecule has 1 aromatic carbocycles. The lowest BCUT2D eigenvalue weighted by Gasteiger charge is -2.11. The molecule has 0 heterocycles. The monoisotopic (exact) mass is 316 g/mol. The second kappa shape index (κ2) is 10.0. The van der Waals surface area contributed by atoms with Gasteiger partial charge in [0.25, 0.3) is 0 Å². The predicted molar refractivity (Wildman–Crippen MR) is 83.4 cm³/mol. The number of hydrogen-bond donors (Lipinski definition) is 2. The van der Waals surface area contributed by atoms with E-state index in [4.69, 9.17) is 9.47 Å². The zero-order chi connectivity index (χ0) is 15.0. The molecule has 0 radical (unpaired) electrons. The Balaban J connectivity index is 0.00000400. The summed E-state index contributed by atoms with van der Waals surface area (Å²) in [7, 11) is 4.63. The van der Waals surface area contributed by atoms with Crippen LogP contribution in [0.3, 0.4) is 0 Å². The van der Waals surface area contributed by atoms with Crippen molar-refractivity contribution in [3.63, 3.8) is 0 Å². The van der Waals surface area contributed by atoms with Crippen LogP contribution in [0.1, 0.15) is 23.2 Å². The van der Waals surface area contributed by atoms with Crippen LogP contribution in [-0.2, 0) is 9.53 Å². The highest BCUT2D eigenvalue weighted by Gasteiger charge is 2.15. The molecule has 1 amide bonds. The summed E-state index contributed by atoms with van der Waals surface area (Å²) in [4.78, 5) is 23.5. The summed E-state index contributed by atoms with van der Waals surface area (Å²) in [5.74, 6) is -0.136. The van der Waals surface area contributed by atoms with Crippen molar-refractivity contribution in [3.05, 3.63) is 23.8 Å². The van der Waals surface area contributed by atoms with Crippen molar-refractivity contribution in [2.45, 2.75) is 12.8 Å². The van der Waals surface area contributed by atoms with Crippen LogP contribution in [0.25, 0.3) is 0 Å². The van der Waals surface area contributed by atoms with Gasteiger partial charge in [-0.3, -0.25) is 4.79 Å². The van der Waals surface area contributed by atoms with Gasteiger partial charge in [-0.2, -0.15) is 0 Å². The maximum atomic E-state index is 11.8.